The number of aromatic nitrogens is 2. The average Bonchev–Trinajstić information content (AvgIpc) is 2.87. The lowest BCUT2D eigenvalue weighted by molar-refractivity contribution is -0.126. The number of carbonyl (C=O) groups excluding carboxylic acids is 1. The molecule has 1 aliphatic heterocycles. The third-order valence-corrected chi connectivity index (χ3v) is 3.92. The van der Waals surface area contributed by atoms with E-state index < -0.39 is 0 Å². The van der Waals surface area contributed by atoms with Gasteiger partial charge in [-0.25, -0.2) is 4.98 Å². The Kier molecular flexibility index (Phi) is 3.17. The van der Waals surface area contributed by atoms with Gasteiger partial charge in [-0.05, 0) is 25.7 Å². The van der Waals surface area contributed by atoms with Crippen molar-refractivity contribution >= 4 is 5.91 Å². The first kappa shape index (κ1) is 11.5. The van der Waals surface area contributed by atoms with Crippen LogP contribution in [0.4, 0.5) is 0 Å². The van der Waals surface area contributed by atoms with E-state index in [2.05, 4.69) is 27.0 Å². The number of nitrogens with zero attached hydrogens (tertiary/aromatic N) is 2. The molecular formula is C14H19N3O. The monoisotopic (exact) mass is 245 g/mol. The number of aryl methyl sites for hydroxylation is 1. The molecule has 1 aliphatic carbocycles. The molecule has 1 aromatic heterocycles. The summed E-state index contributed by atoms with van der Waals surface area (Å²) in [5.41, 5.74) is 0. The summed E-state index contributed by atoms with van der Waals surface area (Å²) in [5.74, 6) is 1.55. The molecule has 2 aliphatic rings. The number of carbonyl (C=O) groups is 1. The van der Waals surface area contributed by atoms with E-state index in [0.717, 1.165) is 44.5 Å². The van der Waals surface area contributed by atoms with Crippen LogP contribution >= 0.6 is 0 Å². The van der Waals surface area contributed by atoms with Crippen LogP contribution in [0.5, 0.6) is 0 Å². The minimum absolute atomic E-state index is 0.180. The highest BCUT2D eigenvalue weighted by atomic mass is 16.1. The SMILES string of the molecule is O=C(N[C@@H]1CCc2nccn2C1)[C@@H]1CC=CCC1. The summed E-state index contributed by atoms with van der Waals surface area (Å²) in [5, 5.41) is 3.20. The van der Waals surface area contributed by atoms with Gasteiger partial charge in [0.2, 0.25) is 5.91 Å². The fraction of sp³-hybridized carbons (Fsp3) is 0.571. The highest BCUT2D eigenvalue weighted by molar-refractivity contribution is 5.79. The summed E-state index contributed by atoms with van der Waals surface area (Å²) in [7, 11) is 0. The van der Waals surface area contributed by atoms with Gasteiger partial charge in [-0.15, -0.1) is 0 Å². The van der Waals surface area contributed by atoms with Crippen LogP contribution in [-0.2, 0) is 17.8 Å². The maximum atomic E-state index is 12.1. The quantitative estimate of drug-likeness (QED) is 0.806. The van der Waals surface area contributed by atoms with Gasteiger partial charge >= 0.3 is 0 Å². The number of allylic oxidation sites excluding steroid dienone is 2. The Morgan fingerprint density at radius 1 is 1.39 bits per heavy atom. The predicted molar refractivity (Wildman–Crippen MR) is 69.0 cm³/mol. The van der Waals surface area contributed by atoms with Gasteiger partial charge in [0.25, 0.3) is 0 Å². The molecule has 2 heterocycles. The van der Waals surface area contributed by atoms with Crippen LogP contribution in [0.15, 0.2) is 24.5 Å². The van der Waals surface area contributed by atoms with Gasteiger partial charge in [0.05, 0.1) is 0 Å². The third kappa shape index (κ3) is 2.33. The smallest absolute Gasteiger partial charge is 0.223 e. The number of rotatable bonds is 2. The fourth-order valence-electron chi connectivity index (χ4n) is 2.84. The van der Waals surface area contributed by atoms with Gasteiger partial charge in [0, 0.05) is 37.3 Å². The molecule has 0 saturated carbocycles. The third-order valence-electron chi connectivity index (χ3n) is 3.92. The summed E-state index contributed by atoms with van der Waals surface area (Å²) in [6.45, 7) is 0.865. The molecule has 0 fully saturated rings. The average molecular weight is 245 g/mol. The molecule has 1 N–H and O–H groups in total. The molecule has 4 nitrogen and oxygen atoms in total. The van der Waals surface area contributed by atoms with Gasteiger partial charge in [0.1, 0.15) is 5.82 Å². The number of hydrogen-bond donors (Lipinski definition) is 1. The number of imidazole rings is 1. The summed E-state index contributed by atoms with van der Waals surface area (Å²) in [4.78, 5) is 16.4. The Morgan fingerprint density at radius 2 is 2.33 bits per heavy atom. The molecule has 2 atom stereocenters. The molecule has 1 amide bonds. The maximum Gasteiger partial charge on any atom is 0.223 e. The Labute approximate surface area is 107 Å². The second-order valence-corrected chi connectivity index (χ2v) is 5.22. The van der Waals surface area contributed by atoms with Crippen molar-refractivity contribution < 1.29 is 4.79 Å². The van der Waals surface area contributed by atoms with E-state index in [9.17, 15) is 4.79 Å². The molecule has 0 unspecified atom stereocenters. The standard InChI is InChI=1S/C14H19N3O/c18-14(11-4-2-1-3-5-11)16-12-6-7-13-15-8-9-17(13)10-12/h1-2,8-9,11-12H,3-7,10H2,(H,16,18)/t11-,12-/m1/s1. The van der Waals surface area contributed by atoms with Crippen LogP contribution in [-0.4, -0.2) is 21.5 Å². The zero-order valence-electron chi connectivity index (χ0n) is 10.5. The normalized spacial score (nSPS) is 26.7. The highest BCUT2D eigenvalue weighted by Crippen LogP contribution is 2.19. The Morgan fingerprint density at radius 3 is 3.17 bits per heavy atom. The summed E-state index contributed by atoms with van der Waals surface area (Å²) >= 11 is 0. The maximum absolute atomic E-state index is 12.1. The van der Waals surface area contributed by atoms with Crippen molar-refractivity contribution in [2.75, 3.05) is 0 Å². The molecule has 1 aromatic rings. The van der Waals surface area contributed by atoms with E-state index in [-0.39, 0.29) is 17.9 Å². The van der Waals surface area contributed by atoms with Crippen molar-refractivity contribution in [1.29, 1.82) is 0 Å². The van der Waals surface area contributed by atoms with Crippen molar-refractivity contribution in [3.05, 3.63) is 30.4 Å². The van der Waals surface area contributed by atoms with E-state index in [1.807, 2.05) is 12.4 Å². The van der Waals surface area contributed by atoms with Crippen molar-refractivity contribution in [2.24, 2.45) is 5.92 Å². The van der Waals surface area contributed by atoms with Crippen LogP contribution < -0.4 is 5.32 Å². The largest absolute Gasteiger partial charge is 0.351 e. The van der Waals surface area contributed by atoms with Gasteiger partial charge in [0.15, 0.2) is 0 Å². The van der Waals surface area contributed by atoms with E-state index in [4.69, 9.17) is 0 Å². The van der Waals surface area contributed by atoms with Gasteiger partial charge in [-0.3, -0.25) is 4.79 Å². The molecule has 0 bridgehead atoms. The van der Waals surface area contributed by atoms with Gasteiger partial charge < -0.3 is 9.88 Å². The predicted octanol–water partition coefficient (Wildman–Crippen LogP) is 1.67. The lowest BCUT2D eigenvalue weighted by Gasteiger charge is -2.27. The molecule has 0 radical (unpaired) electrons. The molecule has 0 spiro atoms. The highest BCUT2D eigenvalue weighted by Gasteiger charge is 2.24. The number of fused-ring (bicyclic) bond motifs is 1. The fourth-order valence-corrected chi connectivity index (χ4v) is 2.84. The van der Waals surface area contributed by atoms with Gasteiger partial charge in [-0.2, -0.15) is 0 Å². The second-order valence-electron chi connectivity index (χ2n) is 5.22. The molecule has 4 heteroatoms. The first-order chi connectivity index (χ1) is 8.83. The van der Waals surface area contributed by atoms with Crippen molar-refractivity contribution in [2.45, 2.75) is 44.7 Å². The second kappa shape index (κ2) is 4.96. The molecule has 0 aromatic carbocycles. The van der Waals surface area contributed by atoms with Crippen LogP contribution in [0.25, 0.3) is 0 Å². The topological polar surface area (TPSA) is 46.9 Å². The van der Waals surface area contributed by atoms with E-state index >= 15 is 0 Å². The number of hydrogen-bond acceptors (Lipinski definition) is 2. The zero-order chi connectivity index (χ0) is 12.4. The first-order valence-electron chi connectivity index (χ1n) is 6.78. The molecule has 18 heavy (non-hydrogen) atoms. The minimum atomic E-state index is 0.180. The molecule has 96 valence electrons. The van der Waals surface area contributed by atoms with Crippen LogP contribution in [0, 0.1) is 5.92 Å². The Balaban J connectivity index is 1.57. The lowest BCUT2D eigenvalue weighted by Crippen LogP contribution is -2.43. The minimum Gasteiger partial charge on any atom is -0.351 e. The van der Waals surface area contributed by atoms with E-state index in [1.165, 1.54) is 0 Å². The molecular weight excluding hydrogens is 226 g/mol. The van der Waals surface area contributed by atoms with Crippen LogP contribution in [0.1, 0.15) is 31.5 Å². The van der Waals surface area contributed by atoms with E-state index in [0.29, 0.717) is 0 Å². The molecule has 3 rings (SSSR count). The number of amides is 1. The van der Waals surface area contributed by atoms with Crippen molar-refractivity contribution in [1.82, 2.24) is 14.9 Å². The molecule has 0 saturated heterocycles. The summed E-state index contributed by atoms with van der Waals surface area (Å²) in [6, 6.07) is 0.269. The Hall–Kier alpha value is -1.58. The van der Waals surface area contributed by atoms with Crippen molar-refractivity contribution in [3.8, 4) is 0 Å². The number of nitrogens with one attached hydrogen (secondary N) is 1. The van der Waals surface area contributed by atoms with Gasteiger partial charge in [-0.1, -0.05) is 12.2 Å². The van der Waals surface area contributed by atoms with Crippen LogP contribution in [0.2, 0.25) is 0 Å². The van der Waals surface area contributed by atoms with Crippen molar-refractivity contribution in [3.63, 3.8) is 0 Å². The van der Waals surface area contributed by atoms with E-state index in [1.54, 1.807) is 0 Å². The first-order valence-corrected chi connectivity index (χ1v) is 6.78. The lowest BCUT2D eigenvalue weighted by atomic mass is 9.93. The zero-order valence-corrected chi connectivity index (χ0v) is 10.5. The Bertz CT molecular complexity index is 463. The summed E-state index contributed by atoms with van der Waals surface area (Å²) in [6.07, 6.45) is 13.0. The van der Waals surface area contributed by atoms with Crippen LogP contribution in [0.3, 0.4) is 0 Å². The summed E-state index contributed by atoms with van der Waals surface area (Å²) < 4.78 is 2.15.